The summed E-state index contributed by atoms with van der Waals surface area (Å²) in [6, 6.07) is 0. The first kappa shape index (κ1) is 12.9. The van der Waals surface area contributed by atoms with Crippen molar-refractivity contribution in [2.75, 3.05) is 20.2 Å². The van der Waals surface area contributed by atoms with E-state index in [2.05, 4.69) is 19.3 Å². The van der Waals surface area contributed by atoms with E-state index in [1.54, 1.807) is 0 Å². The number of hydrogen-bond donors (Lipinski definition) is 1. The number of ether oxygens (including phenoxy) is 2. The molecule has 2 heterocycles. The molecule has 4 atom stereocenters. The van der Waals surface area contributed by atoms with Crippen LogP contribution in [0.1, 0.15) is 45.4 Å². The van der Waals surface area contributed by atoms with Gasteiger partial charge in [0.05, 0.1) is 18.3 Å². The Morgan fingerprint density at radius 3 is 2.67 bits per heavy atom. The smallest absolute Gasteiger partial charge is 0.0673 e. The fourth-order valence-electron chi connectivity index (χ4n) is 4.06. The first-order valence-corrected chi connectivity index (χ1v) is 7.65. The molecule has 0 aromatic carbocycles. The zero-order valence-electron chi connectivity index (χ0n) is 11.8. The molecule has 1 saturated carbocycles. The van der Waals surface area contributed by atoms with Crippen LogP contribution < -0.4 is 5.32 Å². The van der Waals surface area contributed by atoms with E-state index in [0.717, 1.165) is 19.1 Å². The van der Waals surface area contributed by atoms with E-state index in [-0.39, 0.29) is 0 Å². The molecule has 2 aliphatic heterocycles. The minimum Gasteiger partial charge on any atom is -0.377 e. The third kappa shape index (κ3) is 2.45. The second kappa shape index (κ2) is 5.10. The molecule has 3 rings (SSSR count). The van der Waals surface area contributed by atoms with E-state index in [1.807, 2.05) is 0 Å². The third-order valence-corrected chi connectivity index (χ3v) is 5.03. The summed E-state index contributed by atoms with van der Waals surface area (Å²) in [5.74, 6) is 0.833. The zero-order chi connectivity index (χ0) is 12.6. The van der Waals surface area contributed by atoms with Gasteiger partial charge in [-0.1, -0.05) is 0 Å². The van der Waals surface area contributed by atoms with Crippen LogP contribution in [-0.4, -0.2) is 38.5 Å². The summed E-state index contributed by atoms with van der Waals surface area (Å²) in [4.78, 5) is 0. The van der Waals surface area contributed by atoms with E-state index in [9.17, 15) is 0 Å². The van der Waals surface area contributed by atoms with Gasteiger partial charge in [0.1, 0.15) is 0 Å². The molecule has 0 radical (unpaired) electrons. The van der Waals surface area contributed by atoms with Crippen LogP contribution in [0, 0.1) is 11.3 Å². The van der Waals surface area contributed by atoms with Crippen LogP contribution in [0.4, 0.5) is 0 Å². The SMILES string of the molecule is CNCC1(CC2CCC(C)O2)CCOC1C1CC1. The molecule has 0 amide bonds. The molecule has 0 aromatic heterocycles. The van der Waals surface area contributed by atoms with Gasteiger partial charge in [-0.2, -0.15) is 0 Å². The Hall–Kier alpha value is -0.120. The van der Waals surface area contributed by atoms with Gasteiger partial charge in [-0.3, -0.25) is 0 Å². The van der Waals surface area contributed by atoms with Crippen molar-refractivity contribution >= 4 is 0 Å². The summed E-state index contributed by atoms with van der Waals surface area (Å²) in [6.45, 7) is 4.24. The summed E-state index contributed by atoms with van der Waals surface area (Å²) in [6.07, 6.45) is 9.04. The van der Waals surface area contributed by atoms with Crippen LogP contribution in [0.5, 0.6) is 0 Å². The molecule has 0 spiro atoms. The van der Waals surface area contributed by atoms with Crippen molar-refractivity contribution in [3.63, 3.8) is 0 Å². The number of hydrogen-bond acceptors (Lipinski definition) is 3. The Morgan fingerprint density at radius 2 is 2.06 bits per heavy atom. The van der Waals surface area contributed by atoms with Gasteiger partial charge in [-0.15, -0.1) is 0 Å². The van der Waals surface area contributed by atoms with Gasteiger partial charge < -0.3 is 14.8 Å². The average Bonchev–Trinajstić information content (AvgIpc) is 2.98. The maximum absolute atomic E-state index is 6.09. The maximum Gasteiger partial charge on any atom is 0.0673 e. The molecule has 1 N–H and O–H groups in total. The lowest BCUT2D eigenvalue weighted by Crippen LogP contribution is -2.43. The lowest BCUT2D eigenvalue weighted by molar-refractivity contribution is -0.0185. The van der Waals surface area contributed by atoms with Gasteiger partial charge in [0.2, 0.25) is 0 Å². The molecular formula is C15H27NO2. The molecule has 4 unspecified atom stereocenters. The van der Waals surface area contributed by atoms with E-state index >= 15 is 0 Å². The predicted octanol–water partition coefficient (Wildman–Crippen LogP) is 2.35. The summed E-state index contributed by atoms with van der Waals surface area (Å²) in [5, 5.41) is 3.41. The Kier molecular flexibility index (Phi) is 3.65. The molecule has 3 aliphatic rings. The minimum atomic E-state index is 0.338. The topological polar surface area (TPSA) is 30.5 Å². The molecule has 0 bridgehead atoms. The lowest BCUT2D eigenvalue weighted by atomic mass is 9.74. The predicted molar refractivity (Wildman–Crippen MR) is 71.6 cm³/mol. The molecule has 0 aromatic rings. The van der Waals surface area contributed by atoms with E-state index in [0.29, 0.717) is 23.7 Å². The third-order valence-electron chi connectivity index (χ3n) is 5.03. The second-order valence-corrected chi connectivity index (χ2v) is 6.62. The molecule has 3 fully saturated rings. The van der Waals surface area contributed by atoms with Crippen LogP contribution in [0.25, 0.3) is 0 Å². The number of rotatable bonds is 5. The van der Waals surface area contributed by atoms with E-state index < -0.39 is 0 Å². The van der Waals surface area contributed by atoms with Crippen LogP contribution in [0.15, 0.2) is 0 Å². The van der Waals surface area contributed by atoms with E-state index in [1.165, 1.54) is 38.5 Å². The van der Waals surface area contributed by atoms with Crippen molar-refractivity contribution in [1.82, 2.24) is 5.32 Å². The second-order valence-electron chi connectivity index (χ2n) is 6.62. The van der Waals surface area contributed by atoms with Crippen LogP contribution in [0.2, 0.25) is 0 Å². The molecule has 1 aliphatic carbocycles. The van der Waals surface area contributed by atoms with Gasteiger partial charge in [0.15, 0.2) is 0 Å². The monoisotopic (exact) mass is 253 g/mol. The minimum absolute atomic E-state index is 0.338. The van der Waals surface area contributed by atoms with E-state index in [4.69, 9.17) is 9.47 Å². The molecular weight excluding hydrogens is 226 g/mol. The highest BCUT2D eigenvalue weighted by Crippen LogP contribution is 2.50. The molecule has 18 heavy (non-hydrogen) atoms. The summed E-state index contributed by atoms with van der Waals surface area (Å²) in [7, 11) is 2.07. The Bertz CT molecular complexity index is 292. The number of nitrogens with one attached hydrogen (secondary N) is 1. The summed E-state index contributed by atoms with van der Waals surface area (Å²) in [5.41, 5.74) is 0.338. The van der Waals surface area contributed by atoms with Crippen LogP contribution in [-0.2, 0) is 9.47 Å². The van der Waals surface area contributed by atoms with Crippen molar-refractivity contribution in [2.45, 2.75) is 63.8 Å². The highest BCUT2D eigenvalue weighted by molar-refractivity contribution is 5.02. The fraction of sp³-hybridized carbons (Fsp3) is 1.00. The van der Waals surface area contributed by atoms with Crippen molar-refractivity contribution in [3.8, 4) is 0 Å². The normalized spacial score (nSPS) is 44.7. The standard InChI is InChI=1S/C15H27NO2/c1-11-3-6-13(18-11)9-15(10-16-2)7-8-17-14(15)12-4-5-12/h11-14,16H,3-10H2,1-2H3. The quantitative estimate of drug-likeness (QED) is 0.816. The van der Waals surface area contributed by atoms with Crippen molar-refractivity contribution in [1.29, 1.82) is 0 Å². The largest absolute Gasteiger partial charge is 0.377 e. The Labute approximate surface area is 111 Å². The fourth-order valence-corrected chi connectivity index (χ4v) is 4.06. The molecule has 3 nitrogen and oxygen atoms in total. The van der Waals surface area contributed by atoms with Gasteiger partial charge in [0.25, 0.3) is 0 Å². The Balaban J connectivity index is 1.69. The molecule has 3 heteroatoms. The Morgan fingerprint density at radius 1 is 1.22 bits per heavy atom. The summed E-state index contributed by atoms with van der Waals surface area (Å²) >= 11 is 0. The van der Waals surface area contributed by atoms with Gasteiger partial charge >= 0.3 is 0 Å². The van der Waals surface area contributed by atoms with Gasteiger partial charge in [-0.05, 0) is 58.4 Å². The van der Waals surface area contributed by atoms with Crippen LogP contribution >= 0.6 is 0 Å². The van der Waals surface area contributed by atoms with Crippen molar-refractivity contribution < 1.29 is 9.47 Å². The first-order valence-electron chi connectivity index (χ1n) is 7.65. The van der Waals surface area contributed by atoms with Crippen molar-refractivity contribution in [3.05, 3.63) is 0 Å². The molecule has 104 valence electrons. The van der Waals surface area contributed by atoms with Crippen LogP contribution in [0.3, 0.4) is 0 Å². The molecule has 2 saturated heterocycles. The summed E-state index contributed by atoms with van der Waals surface area (Å²) < 4.78 is 12.1. The zero-order valence-corrected chi connectivity index (χ0v) is 11.8. The maximum atomic E-state index is 6.09. The van der Waals surface area contributed by atoms with Crippen molar-refractivity contribution in [2.24, 2.45) is 11.3 Å². The average molecular weight is 253 g/mol. The van der Waals surface area contributed by atoms with Gasteiger partial charge in [-0.25, -0.2) is 0 Å². The highest BCUT2D eigenvalue weighted by Gasteiger charge is 2.51. The first-order chi connectivity index (χ1) is 8.73. The highest BCUT2D eigenvalue weighted by atomic mass is 16.5. The van der Waals surface area contributed by atoms with Gasteiger partial charge in [0, 0.05) is 18.6 Å². The lowest BCUT2D eigenvalue weighted by Gasteiger charge is -2.36.